The van der Waals surface area contributed by atoms with Crippen LogP contribution in [-0.2, 0) is 0 Å². The third-order valence-electron chi connectivity index (χ3n) is 0.217. The van der Waals surface area contributed by atoms with Crippen LogP contribution >= 0.6 is 0 Å². The van der Waals surface area contributed by atoms with Gasteiger partial charge in [-0.15, -0.1) is 5.92 Å². The summed E-state index contributed by atoms with van der Waals surface area (Å²) in [5.74, 6) is 4.93. The molecule has 1 nitrogen and oxygen atoms in total. The summed E-state index contributed by atoms with van der Waals surface area (Å²) in [6.45, 7) is 1.70. The summed E-state index contributed by atoms with van der Waals surface area (Å²) in [6, 6.07) is 0. The van der Waals surface area contributed by atoms with E-state index >= 15 is 0 Å². The lowest BCUT2D eigenvalue weighted by Crippen LogP contribution is -1.49. The average molecular weight is 67.1 g/mol. The van der Waals surface area contributed by atoms with Crippen LogP contribution in [0.25, 0.3) is 0 Å². The van der Waals surface area contributed by atoms with Crippen molar-refractivity contribution in [3.8, 4) is 11.8 Å². The highest BCUT2D eigenvalue weighted by atomic mass is 14.3. The quantitative estimate of drug-likeness (QED) is 0.318. The second kappa shape index (κ2) is 3.23. The largest absolute Gasteiger partial charge is 0.300 e. The molecule has 0 aliphatic heterocycles. The normalized spacial score (nSPS) is 4.20. The van der Waals surface area contributed by atoms with Gasteiger partial charge in [0.1, 0.15) is 0 Å². The van der Waals surface area contributed by atoms with Crippen LogP contribution in [0.4, 0.5) is 0 Å². The van der Waals surface area contributed by atoms with E-state index in [0.29, 0.717) is 0 Å². The molecule has 1 heteroatoms. The van der Waals surface area contributed by atoms with Crippen LogP contribution in [0.5, 0.6) is 0 Å². The Morgan fingerprint density at radius 2 is 2.40 bits per heavy atom. The van der Waals surface area contributed by atoms with E-state index in [9.17, 15) is 0 Å². The van der Waals surface area contributed by atoms with Crippen LogP contribution in [0.3, 0.4) is 0 Å². The maximum absolute atomic E-state index is 6.30. The van der Waals surface area contributed by atoms with Crippen molar-refractivity contribution < 1.29 is 0 Å². The highest BCUT2D eigenvalue weighted by Crippen LogP contribution is 1.38. The van der Waals surface area contributed by atoms with Gasteiger partial charge in [0.05, 0.1) is 6.21 Å². The van der Waals surface area contributed by atoms with Crippen molar-refractivity contribution in [3.05, 3.63) is 0 Å². The number of hydrogen-bond donors (Lipinski definition) is 1. The number of rotatable bonds is 0. The first-order chi connectivity index (χ1) is 2.41. The van der Waals surface area contributed by atoms with Crippen molar-refractivity contribution in [2.45, 2.75) is 6.92 Å². The fraction of sp³-hybridized carbons (Fsp3) is 0.250. The van der Waals surface area contributed by atoms with Crippen molar-refractivity contribution in [2.75, 3.05) is 0 Å². The summed E-state index contributed by atoms with van der Waals surface area (Å²) >= 11 is 0. The smallest absolute Gasteiger partial charge is 0.0676 e. The van der Waals surface area contributed by atoms with Gasteiger partial charge in [-0.2, -0.15) is 0 Å². The summed E-state index contributed by atoms with van der Waals surface area (Å²) in [7, 11) is 0. The second-order valence-electron chi connectivity index (χ2n) is 0.539. The molecule has 0 radical (unpaired) electrons. The molecule has 0 aromatic carbocycles. The first kappa shape index (κ1) is 4.23. The summed E-state index contributed by atoms with van der Waals surface area (Å²) in [6.07, 6.45) is 1.07. The maximum Gasteiger partial charge on any atom is 0.0676 e. The van der Waals surface area contributed by atoms with Gasteiger partial charge in [0.25, 0.3) is 0 Å². The lowest BCUT2D eigenvalue weighted by Gasteiger charge is -1.46. The zero-order valence-electron chi connectivity index (χ0n) is 3.08. The molecule has 0 saturated heterocycles. The molecular formula is C4H5N. The summed E-state index contributed by atoms with van der Waals surface area (Å²) < 4.78 is 0. The van der Waals surface area contributed by atoms with Crippen LogP contribution in [0, 0.1) is 17.3 Å². The lowest BCUT2D eigenvalue weighted by atomic mass is 10.7. The zero-order valence-corrected chi connectivity index (χ0v) is 3.08. The summed E-state index contributed by atoms with van der Waals surface area (Å²) in [5.41, 5.74) is 0. The van der Waals surface area contributed by atoms with Gasteiger partial charge in [-0.1, -0.05) is 5.92 Å². The Bertz CT molecular complexity index is 73.4. The van der Waals surface area contributed by atoms with Gasteiger partial charge >= 0.3 is 0 Å². The first-order valence-corrected chi connectivity index (χ1v) is 1.33. The van der Waals surface area contributed by atoms with E-state index in [4.69, 9.17) is 5.41 Å². The Hall–Kier alpha value is -0.770. The van der Waals surface area contributed by atoms with Gasteiger partial charge in [0, 0.05) is 0 Å². The minimum Gasteiger partial charge on any atom is -0.300 e. The molecule has 0 aliphatic carbocycles. The van der Waals surface area contributed by atoms with E-state index in [-0.39, 0.29) is 0 Å². The van der Waals surface area contributed by atoms with E-state index in [0.717, 1.165) is 6.21 Å². The van der Waals surface area contributed by atoms with Crippen molar-refractivity contribution >= 4 is 6.21 Å². The Morgan fingerprint density at radius 1 is 1.80 bits per heavy atom. The number of nitrogens with one attached hydrogen (secondary N) is 1. The van der Waals surface area contributed by atoms with Gasteiger partial charge in [0.15, 0.2) is 0 Å². The predicted octanol–water partition coefficient (Wildman–Crippen LogP) is 0.659. The Labute approximate surface area is 31.5 Å². The topological polar surface area (TPSA) is 23.9 Å². The molecule has 1 N–H and O–H groups in total. The van der Waals surface area contributed by atoms with E-state index < -0.39 is 0 Å². The number of hydrogen-bond acceptors (Lipinski definition) is 1. The van der Waals surface area contributed by atoms with Gasteiger partial charge in [-0.05, 0) is 6.92 Å². The van der Waals surface area contributed by atoms with Gasteiger partial charge in [-0.3, -0.25) is 5.41 Å². The lowest BCUT2D eigenvalue weighted by molar-refractivity contribution is 1.59. The van der Waals surface area contributed by atoms with Crippen molar-refractivity contribution in [1.29, 1.82) is 5.41 Å². The molecular weight excluding hydrogens is 62.1 g/mol. The second-order valence-corrected chi connectivity index (χ2v) is 0.539. The Balaban J connectivity index is 3.16. The Morgan fingerprint density at radius 3 is 2.40 bits per heavy atom. The van der Waals surface area contributed by atoms with Crippen molar-refractivity contribution in [3.63, 3.8) is 0 Å². The molecule has 0 fully saturated rings. The molecule has 0 aromatic rings. The first-order valence-electron chi connectivity index (χ1n) is 1.33. The third kappa shape index (κ3) is 3.23. The minimum atomic E-state index is 1.07. The third-order valence-corrected chi connectivity index (χ3v) is 0.217. The van der Waals surface area contributed by atoms with Crippen LogP contribution < -0.4 is 0 Å². The molecule has 0 heterocycles. The predicted molar refractivity (Wildman–Crippen MR) is 22.2 cm³/mol. The van der Waals surface area contributed by atoms with Crippen LogP contribution in [-0.4, -0.2) is 6.21 Å². The molecule has 0 aliphatic rings. The molecule has 0 aromatic heterocycles. The van der Waals surface area contributed by atoms with E-state index in [1.54, 1.807) is 6.92 Å². The maximum atomic E-state index is 6.30. The SMILES string of the molecule is CC#CC=N. The molecule has 5 heavy (non-hydrogen) atoms. The van der Waals surface area contributed by atoms with Crippen molar-refractivity contribution in [1.82, 2.24) is 0 Å². The van der Waals surface area contributed by atoms with E-state index in [1.807, 2.05) is 0 Å². The fourth-order valence-electron chi connectivity index (χ4n) is 0.0722. The van der Waals surface area contributed by atoms with E-state index in [1.165, 1.54) is 0 Å². The monoisotopic (exact) mass is 67.0 g/mol. The van der Waals surface area contributed by atoms with E-state index in [2.05, 4.69) is 11.8 Å². The van der Waals surface area contributed by atoms with Crippen LogP contribution in [0.15, 0.2) is 0 Å². The van der Waals surface area contributed by atoms with Gasteiger partial charge in [0.2, 0.25) is 0 Å². The zero-order chi connectivity index (χ0) is 4.12. The van der Waals surface area contributed by atoms with Gasteiger partial charge in [-0.25, -0.2) is 0 Å². The molecule has 0 spiro atoms. The molecule has 0 saturated carbocycles. The summed E-state index contributed by atoms with van der Waals surface area (Å²) in [4.78, 5) is 0. The molecule has 0 atom stereocenters. The van der Waals surface area contributed by atoms with Crippen LogP contribution in [0.1, 0.15) is 6.92 Å². The molecule has 0 bridgehead atoms. The van der Waals surface area contributed by atoms with Crippen molar-refractivity contribution in [2.24, 2.45) is 0 Å². The Kier molecular flexibility index (Phi) is 2.73. The minimum absolute atomic E-state index is 1.07. The molecule has 0 rings (SSSR count). The summed E-state index contributed by atoms with van der Waals surface area (Å²) in [5, 5.41) is 6.30. The molecule has 0 unspecified atom stereocenters. The molecule has 26 valence electrons. The highest BCUT2D eigenvalue weighted by Gasteiger charge is 1.38. The fourth-order valence-corrected chi connectivity index (χ4v) is 0.0722. The standard InChI is InChI=1S/C4H5N/c1-2-3-4-5/h4-5H,1H3. The molecule has 0 amide bonds. The average Bonchev–Trinajstić information content (AvgIpc) is 1.41. The van der Waals surface area contributed by atoms with Gasteiger partial charge < -0.3 is 0 Å². The highest BCUT2D eigenvalue weighted by molar-refractivity contribution is 5.74. The van der Waals surface area contributed by atoms with Crippen LogP contribution in [0.2, 0.25) is 0 Å².